The number of aliphatic carboxylic acids is 1. The van der Waals surface area contributed by atoms with Gasteiger partial charge < -0.3 is 27.2 Å². The van der Waals surface area contributed by atoms with Crippen LogP contribution in [0.1, 0.15) is 19.8 Å². The summed E-state index contributed by atoms with van der Waals surface area (Å²) in [5.74, 6) is -1.77. The third kappa shape index (κ3) is 20.8. The number of nitrogens with one attached hydrogen (secondary N) is 4. The van der Waals surface area contributed by atoms with Crippen LogP contribution >= 0.6 is 0 Å². The van der Waals surface area contributed by atoms with E-state index in [-0.39, 0.29) is 83.8 Å². The van der Waals surface area contributed by atoms with Gasteiger partial charge in [0.15, 0.2) is 0 Å². The maximum atomic E-state index is 10.4. The number of amides is 2. The van der Waals surface area contributed by atoms with Crippen LogP contribution in [-0.2, 0) is 79.8 Å². The topological polar surface area (TPSA) is 143 Å². The molecule has 0 saturated carbocycles. The molecule has 0 fully saturated rings. The van der Waals surface area contributed by atoms with E-state index in [1.807, 2.05) is 0 Å². The van der Waals surface area contributed by atoms with Crippen molar-refractivity contribution in [1.29, 1.82) is 0 Å². The van der Waals surface area contributed by atoms with Crippen molar-refractivity contribution in [2.75, 3.05) is 14.1 Å². The molecule has 10 heteroatoms. The number of rotatable bonds is 5. The van der Waals surface area contributed by atoms with Gasteiger partial charge in [0.1, 0.15) is 0 Å². The van der Waals surface area contributed by atoms with E-state index in [1.165, 1.54) is 7.05 Å². The summed E-state index contributed by atoms with van der Waals surface area (Å²) < 4.78 is 0. The Kier molecular flexibility index (Phi) is 25.2. The number of carbonyl (C=O) groups is 3. The van der Waals surface area contributed by atoms with Crippen LogP contribution in [0, 0.1) is 0 Å². The second-order valence-corrected chi connectivity index (χ2v) is 3.55. The van der Waals surface area contributed by atoms with Crippen LogP contribution < -0.4 is 10.6 Å². The van der Waals surface area contributed by atoms with Crippen molar-refractivity contribution >= 4 is 17.8 Å². The maximum absolute atomic E-state index is 10.4. The van der Waals surface area contributed by atoms with Gasteiger partial charge in [-0.2, -0.15) is 0 Å². The monoisotopic (exact) mass is 438 g/mol. The van der Waals surface area contributed by atoms with Gasteiger partial charge in [0.25, 0.3) is 5.97 Å². The molecule has 5 N–H and O–H groups in total. The van der Waals surface area contributed by atoms with E-state index >= 15 is 0 Å². The normalized spacial score (nSPS) is 11.2. The number of carboxylic acids is 1. The third-order valence-electron chi connectivity index (χ3n) is 1.74. The minimum Gasteiger partial charge on any atom is -0.674 e. The van der Waals surface area contributed by atoms with Crippen LogP contribution in [0.25, 0.3) is 11.5 Å². The van der Waals surface area contributed by atoms with Crippen molar-refractivity contribution in [3.63, 3.8) is 0 Å². The number of hydrogen-bond acceptors (Lipinski definition) is 3. The summed E-state index contributed by atoms with van der Waals surface area (Å²) >= 11 is 0. The molecule has 0 aliphatic heterocycles. The Labute approximate surface area is 169 Å². The predicted octanol–water partition coefficient (Wildman–Crippen LogP) is 0.186. The number of hydrogen-bond donors (Lipinski definition) is 3. The van der Waals surface area contributed by atoms with Crippen molar-refractivity contribution in [3.8, 4) is 0 Å². The average molecular weight is 438 g/mol. The molecule has 2 unspecified atom stereocenters. The smallest absolute Gasteiger partial charge is 0.285 e. The quantitative estimate of drug-likeness (QED) is 0.563. The molecular formula is C10H20N4O4Y2-2. The van der Waals surface area contributed by atoms with Gasteiger partial charge in [-0.05, 0) is 6.04 Å². The van der Waals surface area contributed by atoms with Crippen LogP contribution in [0.4, 0.5) is 0 Å². The molecule has 0 aliphatic rings. The first-order chi connectivity index (χ1) is 8.24. The fourth-order valence-corrected chi connectivity index (χ4v) is 0.755. The molecule has 0 rings (SSSR count). The zero-order valence-corrected chi connectivity index (χ0v) is 17.6. The van der Waals surface area contributed by atoms with Crippen molar-refractivity contribution < 1.29 is 84.9 Å². The minimum absolute atomic E-state index is 0. The van der Waals surface area contributed by atoms with E-state index in [2.05, 4.69) is 10.6 Å². The molecule has 0 aromatic carbocycles. The first-order valence-corrected chi connectivity index (χ1v) is 5.30. The standard InChI is InChI=1S/C5H9N2O3.C5H11N2O.2Y/c1-7-4(8)2-3(6)5(9)10;1-4(6)3-5(8)7-2;;/h3,6H,2H2,1H3,(H,7,8)(H,9,10);4,6H,3H2,1-2H3,(H,7,8);;/q2*-1;;. The second-order valence-electron chi connectivity index (χ2n) is 3.55. The largest absolute Gasteiger partial charge is 0.674 e. The molecule has 2 atom stereocenters. The van der Waals surface area contributed by atoms with E-state index in [0.29, 0.717) is 6.42 Å². The summed E-state index contributed by atoms with van der Waals surface area (Å²) in [7, 11) is 2.97. The minimum atomic E-state index is -1.35. The van der Waals surface area contributed by atoms with Gasteiger partial charge in [0.2, 0.25) is 11.8 Å². The fourth-order valence-electron chi connectivity index (χ4n) is 0.755. The number of carbonyl (C=O) groups excluding carboxylic acids is 2. The predicted molar refractivity (Wildman–Crippen MR) is 66.9 cm³/mol. The molecule has 8 nitrogen and oxygen atoms in total. The van der Waals surface area contributed by atoms with E-state index < -0.39 is 17.9 Å². The summed E-state index contributed by atoms with van der Waals surface area (Å²) in [5.41, 5.74) is 13.8. The molecule has 0 spiro atoms. The van der Waals surface area contributed by atoms with Gasteiger partial charge in [-0.15, -0.1) is 6.04 Å². The van der Waals surface area contributed by atoms with Gasteiger partial charge in [0, 0.05) is 92.4 Å². The summed E-state index contributed by atoms with van der Waals surface area (Å²) in [4.78, 5) is 30.8. The van der Waals surface area contributed by atoms with Crippen molar-refractivity contribution in [3.05, 3.63) is 11.5 Å². The Morgan fingerprint density at radius 2 is 1.35 bits per heavy atom. The van der Waals surface area contributed by atoms with Gasteiger partial charge in [-0.3, -0.25) is 14.4 Å². The molecule has 0 aliphatic carbocycles. The van der Waals surface area contributed by atoms with Crippen LogP contribution in [-0.4, -0.2) is 49.1 Å². The van der Waals surface area contributed by atoms with E-state index in [9.17, 15) is 14.4 Å². The molecule has 112 valence electrons. The van der Waals surface area contributed by atoms with Gasteiger partial charge >= 0.3 is 0 Å². The Morgan fingerprint density at radius 1 is 1.00 bits per heavy atom. The molecular weight excluding hydrogens is 418 g/mol. The summed E-state index contributed by atoms with van der Waals surface area (Å²) in [6.45, 7) is 1.69. The Balaban J connectivity index is -0.000000119. The first-order valence-electron chi connectivity index (χ1n) is 5.30. The van der Waals surface area contributed by atoms with Gasteiger partial charge in [-0.25, -0.2) is 0 Å². The molecule has 2 amide bonds. The van der Waals surface area contributed by atoms with E-state index in [4.69, 9.17) is 16.6 Å². The average Bonchev–Trinajstić information content (AvgIpc) is 2.28. The fraction of sp³-hybridized carbons (Fsp3) is 0.700. The summed E-state index contributed by atoms with van der Waals surface area (Å²) in [5, 5.41) is 12.8. The maximum Gasteiger partial charge on any atom is 0.285 e. The Hall–Kier alpha value is 0.538. The molecule has 0 heterocycles. The molecule has 2 radical (unpaired) electrons. The first kappa shape index (κ1) is 28.7. The van der Waals surface area contributed by atoms with Crippen molar-refractivity contribution in [2.24, 2.45) is 0 Å². The third-order valence-corrected chi connectivity index (χ3v) is 1.74. The zero-order valence-electron chi connectivity index (χ0n) is 11.9. The Bertz CT molecular complexity index is 290. The molecule has 20 heavy (non-hydrogen) atoms. The molecule has 0 aromatic heterocycles. The Morgan fingerprint density at radius 3 is 1.55 bits per heavy atom. The zero-order chi connectivity index (χ0) is 14.7. The van der Waals surface area contributed by atoms with E-state index in [1.54, 1.807) is 14.0 Å². The molecule has 0 saturated heterocycles. The van der Waals surface area contributed by atoms with Crippen LogP contribution in [0.2, 0.25) is 0 Å². The molecule has 0 bridgehead atoms. The summed E-state index contributed by atoms with van der Waals surface area (Å²) in [6.07, 6.45) is 0.0162. The van der Waals surface area contributed by atoms with Crippen molar-refractivity contribution in [1.82, 2.24) is 10.6 Å². The SMILES string of the molecule is CNC(=O)CC(C)[NH-].CNC(=O)CC([NH-])C(=O)O.[Y].[Y]. The summed E-state index contributed by atoms with van der Waals surface area (Å²) in [6, 6.07) is -1.63. The molecule has 0 aromatic rings. The van der Waals surface area contributed by atoms with E-state index in [0.717, 1.165) is 0 Å². The van der Waals surface area contributed by atoms with Gasteiger partial charge in [-0.1, -0.05) is 6.92 Å². The van der Waals surface area contributed by atoms with Crippen LogP contribution in [0.3, 0.4) is 0 Å². The van der Waals surface area contributed by atoms with Crippen LogP contribution in [0.5, 0.6) is 0 Å². The number of carboxylic acid groups (broad SMARTS) is 1. The van der Waals surface area contributed by atoms with Crippen LogP contribution in [0.15, 0.2) is 0 Å². The second kappa shape index (κ2) is 17.6. The van der Waals surface area contributed by atoms with Crippen molar-refractivity contribution in [2.45, 2.75) is 31.8 Å². The van der Waals surface area contributed by atoms with Gasteiger partial charge in [0.05, 0.1) is 0 Å².